The summed E-state index contributed by atoms with van der Waals surface area (Å²) < 4.78 is 26.9. The minimum absolute atomic E-state index is 0. The lowest BCUT2D eigenvalue weighted by molar-refractivity contribution is 0.405. The molecule has 1 aromatic heterocycles. The van der Waals surface area contributed by atoms with Crippen LogP contribution in [0.5, 0.6) is 0 Å². The van der Waals surface area contributed by atoms with Crippen LogP contribution in [-0.4, -0.2) is 42.1 Å². The molecule has 0 spiro atoms. The molecular weight excluding hydrogens is 404 g/mol. The summed E-state index contributed by atoms with van der Waals surface area (Å²) in [4.78, 5) is 10.5. The lowest BCUT2D eigenvalue weighted by Gasteiger charge is -2.12. The fourth-order valence-corrected chi connectivity index (χ4v) is 2.19. The van der Waals surface area contributed by atoms with Crippen molar-refractivity contribution in [2.45, 2.75) is 6.42 Å². The number of aromatic nitrogens is 2. The second-order valence-electron chi connectivity index (χ2n) is 5.23. The highest BCUT2D eigenvalue weighted by Gasteiger charge is 2.07. The van der Waals surface area contributed by atoms with Gasteiger partial charge in [0.15, 0.2) is 11.6 Å². The van der Waals surface area contributed by atoms with Gasteiger partial charge in [-0.25, -0.2) is 13.8 Å². The van der Waals surface area contributed by atoms with E-state index in [-0.39, 0.29) is 12.4 Å². The molecule has 5 nitrogen and oxygen atoms in total. The van der Waals surface area contributed by atoms with Gasteiger partial charge in [0.1, 0.15) is 5.82 Å². The molecule has 1 aromatic carbocycles. The Labute approximate surface area is 154 Å². The zero-order valence-electron chi connectivity index (χ0n) is 13.3. The lowest BCUT2D eigenvalue weighted by atomic mass is 10.3. The van der Waals surface area contributed by atoms with Crippen LogP contribution in [0.4, 0.5) is 26.2 Å². The average molecular weight is 423 g/mol. The number of hydrogen-bond acceptors (Lipinski definition) is 5. The van der Waals surface area contributed by atoms with E-state index >= 15 is 0 Å². The molecule has 0 atom stereocenters. The lowest BCUT2D eigenvalue weighted by Crippen LogP contribution is -2.17. The van der Waals surface area contributed by atoms with Crippen LogP contribution in [-0.2, 0) is 0 Å². The van der Waals surface area contributed by atoms with Gasteiger partial charge in [-0.15, -0.1) is 12.4 Å². The van der Waals surface area contributed by atoms with Crippen LogP contribution in [0.15, 0.2) is 28.9 Å². The van der Waals surface area contributed by atoms with Crippen molar-refractivity contribution < 1.29 is 8.78 Å². The van der Waals surface area contributed by atoms with Crippen molar-refractivity contribution >= 4 is 45.8 Å². The third kappa shape index (κ3) is 6.18. The topological polar surface area (TPSA) is 53.1 Å². The van der Waals surface area contributed by atoms with Crippen LogP contribution in [0, 0.1) is 11.6 Å². The molecule has 2 rings (SSSR count). The Morgan fingerprint density at radius 2 is 1.96 bits per heavy atom. The maximum absolute atomic E-state index is 13.2. The number of rotatable bonds is 7. The minimum Gasteiger partial charge on any atom is -0.369 e. The van der Waals surface area contributed by atoms with E-state index in [1.807, 2.05) is 14.1 Å². The number of hydrogen-bond donors (Lipinski definition) is 2. The highest BCUT2D eigenvalue weighted by Crippen LogP contribution is 2.22. The Balaban J connectivity index is 0.00000288. The molecule has 2 N–H and O–H groups in total. The normalized spacial score (nSPS) is 10.4. The number of nitrogens with one attached hydrogen (secondary N) is 2. The summed E-state index contributed by atoms with van der Waals surface area (Å²) in [6.07, 6.45) is 2.57. The Bertz CT molecular complexity index is 672. The SMILES string of the molecule is CN(C)CCCNc1nc(Nc2ccc(F)c(F)c2)ncc1Br.Cl. The van der Waals surface area contributed by atoms with Gasteiger partial charge in [0.25, 0.3) is 0 Å². The molecule has 132 valence electrons. The van der Waals surface area contributed by atoms with Gasteiger partial charge in [-0.05, 0) is 55.1 Å². The quantitative estimate of drug-likeness (QED) is 0.660. The van der Waals surface area contributed by atoms with E-state index in [9.17, 15) is 8.78 Å². The number of halogens is 4. The van der Waals surface area contributed by atoms with Crippen LogP contribution in [0.1, 0.15) is 6.42 Å². The summed E-state index contributed by atoms with van der Waals surface area (Å²) in [6.45, 7) is 1.73. The Hall–Kier alpha value is -1.51. The van der Waals surface area contributed by atoms with Crippen LogP contribution in [0.3, 0.4) is 0 Å². The van der Waals surface area contributed by atoms with Crippen LogP contribution >= 0.6 is 28.3 Å². The van der Waals surface area contributed by atoms with Crippen molar-refractivity contribution in [3.8, 4) is 0 Å². The highest BCUT2D eigenvalue weighted by atomic mass is 79.9. The number of benzene rings is 1. The molecule has 0 aliphatic heterocycles. The van der Waals surface area contributed by atoms with Gasteiger partial charge < -0.3 is 15.5 Å². The van der Waals surface area contributed by atoms with Gasteiger partial charge in [-0.1, -0.05) is 0 Å². The standard InChI is InChI=1S/C15H18BrF2N5.ClH/c1-23(2)7-3-6-19-14-11(16)9-20-15(22-14)21-10-4-5-12(17)13(18)8-10;/h4-5,8-9H,3,6-7H2,1-2H3,(H2,19,20,21,22);1H. The maximum Gasteiger partial charge on any atom is 0.229 e. The number of anilines is 3. The van der Waals surface area contributed by atoms with Gasteiger partial charge in [-0.2, -0.15) is 4.98 Å². The third-order valence-electron chi connectivity index (χ3n) is 2.99. The van der Waals surface area contributed by atoms with Crippen LogP contribution in [0.2, 0.25) is 0 Å². The van der Waals surface area contributed by atoms with Gasteiger partial charge in [0.05, 0.1) is 4.47 Å². The van der Waals surface area contributed by atoms with Gasteiger partial charge in [0.2, 0.25) is 5.95 Å². The van der Waals surface area contributed by atoms with E-state index in [1.54, 1.807) is 6.20 Å². The predicted octanol–water partition coefficient (Wildman–Crippen LogP) is 4.05. The molecule has 0 aliphatic rings. The molecule has 0 bridgehead atoms. The fourth-order valence-electron chi connectivity index (χ4n) is 1.86. The zero-order chi connectivity index (χ0) is 16.8. The Kier molecular flexibility index (Phi) is 8.30. The van der Waals surface area contributed by atoms with Gasteiger partial charge in [0, 0.05) is 24.5 Å². The highest BCUT2D eigenvalue weighted by molar-refractivity contribution is 9.10. The summed E-state index contributed by atoms with van der Waals surface area (Å²) in [5.74, 6) is -0.872. The monoisotopic (exact) mass is 421 g/mol. The summed E-state index contributed by atoms with van der Waals surface area (Å²) in [5, 5.41) is 6.07. The smallest absolute Gasteiger partial charge is 0.229 e. The second-order valence-corrected chi connectivity index (χ2v) is 6.08. The summed E-state index contributed by atoms with van der Waals surface area (Å²) >= 11 is 3.38. The molecule has 2 aromatic rings. The van der Waals surface area contributed by atoms with Crippen molar-refractivity contribution in [1.82, 2.24) is 14.9 Å². The van der Waals surface area contributed by atoms with E-state index in [4.69, 9.17) is 0 Å². The minimum atomic E-state index is -0.922. The van der Waals surface area contributed by atoms with Gasteiger partial charge in [-0.3, -0.25) is 0 Å². The van der Waals surface area contributed by atoms with Crippen LogP contribution in [0.25, 0.3) is 0 Å². The first-order chi connectivity index (χ1) is 11.0. The summed E-state index contributed by atoms with van der Waals surface area (Å²) in [7, 11) is 4.04. The molecule has 0 aliphatic carbocycles. The molecule has 24 heavy (non-hydrogen) atoms. The summed E-state index contributed by atoms with van der Waals surface area (Å²) in [5.41, 5.74) is 0.379. The van der Waals surface area contributed by atoms with E-state index in [2.05, 4.69) is 41.4 Å². The molecule has 0 fully saturated rings. The van der Waals surface area contributed by atoms with Crippen molar-refractivity contribution in [2.75, 3.05) is 37.8 Å². The fraction of sp³-hybridized carbons (Fsp3) is 0.333. The Morgan fingerprint density at radius 1 is 1.21 bits per heavy atom. The molecule has 0 radical (unpaired) electrons. The Morgan fingerprint density at radius 3 is 2.62 bits per heavy atom. The van der Waals surface area contributed by atoms with E-state index in [0.29, 0.717) is 17.5 Å². The average Bonchev–Trinajstić information content (AvgIpc) is 2.50. The first-order valence-corrected chi connectivity index (χ1v) is 7.88. The molecule has 9 heteroatoms. The summed E-state index contributed by atoms with van der Waals surface area (Å²) in [6, 6.07) is 3.54. The van der Waals surface area contributed by atoms with Crippen molar-refractivity contribution in [3.63, 3.8) is 0 Å². The molecule has 1 heterocycles. The van der Waals surface area contributed by atoms with Crippen LogP contribution < -0.4 is 10.6 Å². The zero-order valence-corrected chi connectivity index (χ0v) is 15.7. The van der Waals surface area contributed by atoms with Crippen molar-refractivity contribution in [1.29, 1.82) is 0 Å². The molecule has 0 saturated carbocycles. The first-order valence-electron chi connectivity index (χ1n) is 7.09. The maximum atomic E-state index is 13.2. The van der Waals surface area contributed by atoms with E-state index in [0.717, 1.165) is 36.1 Å². The van der Waals surface area contributed by atoms with Gasteiger partial charge >= 0.3 is 0 Å². The first kappa shape index (κ1) is 20.5. The molecular formula is C15H19BrClF2N5. The second kappa shape index (κ2) is 9.71. The third-order valence-corrected chi connectivity index (χ3v) is 3.57. The predicted molar refractivity (Wildman–Crippen MR) is 98.3 cm³/mol. The molecule has 0 saturated heterocycles. The largest absolute Gasteiger partial charge is 0.369 e. The van der Waals surface area contributed by atoms with E-state index in [1.165, 1.54) is 6.07 Å². The molecule has 0 amide bonds. The van der Waals surface area contributed by atoms with E-state index < -0.39 is 11.6 Å². The van der Waals surface area contributed by atoms with Crippen molar-refractivity contribution in [3.05, 3.63) is 40.5 Å². The number of nitrogens with zero attached hydrogens (tertiary/aromatic N) is 3. The molecule has 0 unspecified atom stereocenters. The van der Waals surface area contributed by atoms with Crippen molar-refractivity contribution in [2.24, 2.45) is 0 Å².